The summed E-state index contributed by atoms with van der Waals surface area (Å²) in [6.45, 7) is 2.30. The number of hydrogen-bond donors (Lipinski definition) is 1. The molecule has 0 atom stereocenters. The molecule has 1 aliphatic heterocycles. The topological polar surface area (TPSA) is 85.8 Å². The molecule has 0 spiro atoms. The van der Waals surface area contributed by atoms with Gasteiger partial charge in [-0.25, -0.2) is 9.97 Å². The van der Waals surface area contributed by atoms with E-state index >= 15 is 0 Å². The van der Waals surface area contributed by atoms with Gasteiger partial charge in [0.2, 0.25) is 0 Å². The highest BCUT2D eigenvalue weighted by molar-refractivity contribution is 5.93. The molecule has 0 saturated heterocycles. The summed E-state index contributed by atoms with van der Waals surface area (Å²) in [5.74, 6) is 1.86. The first-order chi connectivity index (χ1) is 13.2. The number of anilines is 1. The van der Waals surface area contributed by atoms with Crippen molar-refractivity contribution in [2.24, 2.45) is 0 Å². The van der Waals surface area contributed by atoms with E-state index in [4.69, 9.17) is 14.2 Å². The highest BCUT2D eigenvalue weighted by atomic mass is 16.5. The van der Waals surface area contributed by atoms with Gasteiger partial charge >= 0.3 is 0 Å². The van der Waals surface area contributed by atoms with Crippen LogP contribution < -0.4 is 14.8 Å². The number of nitrogens with one attached hydrogen (secondary N) is 1. The Bertz CT molecular complexity index is 812. The standard InChI is InChI=1S/C19H24N4O4/c1-25-7-5-20-18-10-15(21-12-22-18)19(24)23-6-4-13-8-16(26-2)17(27-3)9-14(13)11-23/h8-10,12H,4-7,11H2,1-3H3,(H,20,21,22). The smallest absolute Gasteiger partial charge is 0.272 e. The molecular formula is C19H24N4O4. The minimum Gasteiger partial charge on any atom is -0.493 e. The van der Waals surface area contributed by atoms with Gasteiger partial charge in [-0.3, -0.25) is 4.79 Å². The second kappa shape index (κ2) is 8.68. The van der Waals surface area contributed by atoms with E-state index in [1.807, 2.05) is 12.1 Å². The Hall–Kier alpha value is -2.87. The summed E-state index contributed by atoms with van der Waals surface area (Å²) in [6.07, 6.45) is 2.15. The summed E-state index contributed by atoms with van der Waals surface area (Å²) < 4.78 is 15.7. The van der Waals surface area contributed by atoms with Crippen LogP contribution in [0.2, 0.25) is 0 Å². The van der Waals surface area contributed by atoms with E-state index in [0.717, 1.165) is 12.0 Å². The molecule has 0 aliphatic carbocycles. The Balaban J connectivity index is 1.75. The maximum Gasteiger partial charge on any atom is 0.272 e. The monoisotopic (exact) mass is 372 g/mol. The van der Waals surface area contributed by atoms with Gasteiger partial charge in [-0.05, 0) is 29.7 Å². The van der Waals surface area contributed by atoms with Crippen molar-refractivity contribution in [2.45, 2.75) is 13.0 Å². The van der Waals surface area contributed by atoms with Crippen molar-refractivity contribution >= 4 is 11.7 Å². The van der Waals surface area contributed by atoms with Crippen LogP contribution in [0.5, 0.6) is 11.5 Å². The van der Waals surface area contributed by atoms with E-state index in [0.29, 0.717) is 49.3 Å². The average molecular weight is 372 g/mol. The summed E-state index contributed by atoms with van der Waals surface area (Å²) in [5, 5.41) is 3.11. The van der Waals surface area contributed by atoms with Gasteiger partial charge in [-0.15, -0.1) is 0 Å². The highest BCUT2D eigenvalue weighted by Crippen LogP contribution is 2.33. The van der Waals surface area contributed by atoms with Crippen LogP contribution in [0.15, 0.2) is 24.5 Å². The molecule has 0 saturated carbocycles. The van der Waals surface area contributed by atoms with Gasteiger partial charge in [-0.2, -0.15) is 0 Å². The van der Waals surface area contributed by atoms with Gasteiger partial charge in [0, 0.05) is 32.8 Å². The molecule has 0 bridgehead atoms. The maximum atomic E-state index is 12.9. The molecule has 1 N–H and O–H groups in total. The second-order valence-electron chi connectivity index (χ2n) is 6.16. The fourth-order valence-corrected chi connectivity index (χ4v) is 3.07. The molecule has 8 nitrogen and oxygen atoms in total. The van der Waals surface area contributed by atoms with Crippen molar-refractivity contribution < 1.29 is 19.0 Å². The molecule has 1 aromatic carbocycles. The summed E-state index contributed by atoms with van der Waals surface area (Å²) in [5.41, 5.74) is 2.59. The van der Waals surface area contributed by atoms with Gasteiger partial charge in [-0.1, -0.05) is 0 Å². The van der Waals surface area contributed by atoms with Crippen LogP contribution in [0.4, 0.5) is 5.82 Å². The lowest BCUT2D eigenvalue weighted by molar-refractivity contribution is 0.0728. The quantitative estimate of drug-likeness (QED) is 0.741. The van der Waals surface area contributed by atoms with Crippen LogP contribution in [0.25, 0.3) is 0 Å². The van der Waals surface area contributed by atoms with E-state index in [-0.39, 0.29) is 5.91 Å². The first-order valence-electron chi connectivity index (χ1n) is 8.74. The number of carbonyl (C=O) groups is 1. The lowest BCUT2D eigenvalue weighted by Gasteiger charge is -2.29. The number of methoxy groups -OCH3 is 3. The molecule has 27 heavy (non-hydrogen) atoms. The minimum atomic E-state index is -0.118. The SMILES string of the molecule is COCCNc1cc(C(=O)N2CCc3cc(OC)c(OC)cc3C2)ncn1. The fourth-order valence-electron chi connectivity index (χ4n) is 3.07. The van der Waals surface area contributed by atoms with Crippen LogP contribution >= 0.6 is 0 Å². The molecule has 0 fully saturated rings. The van der Waals surface area contributed by atoms with Crippen molar-refractivity contribution in [1.82, 2.24) is 14.9 Å². The summed E-state index contributed by atoms with van der Waals surface area (Å²) in [4.78, 5) is 23.0. The molecule has 1 amide bonds. The van der Waals surface area contributed by atoms with Gasteiger partial charge in [0.15, 0.2) is 11.5 Å². The van der Waals surface area contributed by atoms with Crippen LogP contribution in [0, 0.1) is 0 Å². The molecule has 1 aromatic heterocycles. The van der Waals surface area contributed by atoms with Crippen molar-refractivity contribution in [2.75, 3.05) is 46.3 Å². The van der Waals surface area contributed by atoms with E-state index in [9.17, 15) is 4.79 Å². The number of rotatable bonds is 7. The number of amides is 1. The number of ether oxygens (including phenoxy) is 3. The average Bonchev–Trinajstić information content (AvgIpc) is 2.72. The molecule has 0 unspecified atom stereocenters. The van der Waals surface area contributed by atoms with Crippen molar-refractivity contribution in [1.29, 1.82) is 0 Å². The second-order valence-corrected chi connectivity index (χ2v) is 6.16. The number of carbonyl (C=O) groups excluding carboxylic acids is 1. The van der Waals surface area contributed by atoms with E-state index < -0.39 is 0 Å². The lowest BCUT2D eigenvalue weighted by Crippen LogP contribution is -2.36. The van der Waals surface area contributed by atoms with Crippen LogP contribution in [-0.4, -0.2) is 61.8 Å². The van der Waals surface area contributed by atoms with Crippen molar-refractivity contribution in [3.63, 3.8) is 0 Å². The van der Waals surface area contributed by atoms with Crippen molar-refractivity contribution in [3.8, 4) is 11.5 Å². The highest BCUT2D eigenvalue weighted by Gasteiger charge is 2.24. The van der Waals surface area contributed by atoms with Gasteiger partial charge in [0.25, 0.3) is 5.91 Å². The maximum absolute atomic E-state index is 12.9. The van der Waals surface area contributed by atoms with Gasteiger partial charge in [0.05, 0.1) is 20.8 Å². The normalized spacial score (nSPS) is 13.1. The lowest BCUT2D eigenvalue weighted by atomic mass is 9.98. The van der Waals surface area contributed by atoms with Gasteiger partial charge < -0.3 is 24.4 Å². The summed E-state index contributed by atoms with van der Waals surface area (Å²) >= 11 is 0. The van der Waals surface area contributed by atoms with E-state index in [1.165, 1.54) is 11.9 Å². The zero-order valence-corrected chi connectivity index (χ0v) is 15.8. The van der Waals surface area contributed by atoms with Crippen LogP contribution in [0.1, 0.15) is 21.6 Å². The molecule has 8 heteroatoms. The third-order valence-corrected chi connectivity index (χ3v) is 4.50. The molecule has 2 aromatic rings. The largest absolute Gasteiger partial charge is 0.493 e. The summed E-state index contributed by atoms with van der Waals surface area (Å²) in [6, 6.07) is 5.59. The number of nitrogens with zero attached hydrogens (tertiary/aromatic N) is 3. The summed E-state index contributed by atoms with van der Waals surface area (Å²) in [7, 11) is 4.86. The molecule has 0 radical (unpaired) electrons. The Morgan fingerprint density at radius 1 is 1.11 bits per heavy atom. The van der Waals surface area contributed by atoms with Crippen LogP contribution in [-0.2, 0) is 17.7 Å². The number of aromatic nitrogens is 2. The third-order valence-electron chi connectivity index (χ3n) is 4.50. The van der Waals surface area contributed by atoms with Gasteiger partial charge in [0.1, 0.15) is 17.8 Å². The Morgan fingerprint density at radius 3 is 2.56 bits per heavy atom. The predicted octanol–water partition coefficient (Wildman–Crippen LogP) is 1.75. The predicted molar refractivity (Wildman–Crippen MR) is 100 cm³/mol. The number of hydrogen-bond acceptors (Lipinski definition) is 7. The van der Waals surface area contributed by atoms with E-state index in [2.05, 4.69) is 15.3 Å². The Labute approximate surface area is 158 Å². The zero-order valence-electron chi connectivity index (χ0n) is 15.8. The third kappa shape index (κ3) is 4.28. The first-order valence-corrected chi connectivity index (χ1v) is 8.74. The number of benzene rings is 1. The molecular weight excluding hydrogens is 348 g/mol. The molecule has 2 heterocycles. The zero-order chi connectivity index (χ0) is 19.2. The van der Waals surface area contributed by atoms with E-state index in [1.54, 1.807) is 32.3 Å². The molecule has 144 valence electrons. The first kappa shape index (κ1) is 18.9. The van der Waals surface area contributed by atoms with Crippen molar-refractivity contribution in [3.05, 3.63) is 41.3 Å². The molecule has 1 aliphatic rings. The Morgan fingerprint density at radius 2 is 1.85 bits per heavy atom. The molecule has 3 rings (SSSR count). The minimum absolute atomic E-state index is 0.118. The van der Waals surface area contributed by atoms with Crippen LogP contribution in [0.3, 0.4) is 0 Å². The number of fused-ring (bicyclic) bond motifs is 1. The fraction of sp³-hybridized carbons (Fsp3) is 0.421. The Kier molecular flexibility index (Phi) is 6.08.